The molecule has 2 atom stereocenters. The van der Waals surface area contributed by atoms with Gasteiger partial charge >= 0.3 is 5.95 Å². The third-order valence-corrected chi connectivity index (χ3v) is 8.97. The first-order valence-corrected chi connectivity index (χ1v) is 14.7. The van der Waals surface area contributed by atoms with Crippen molar-refractivity contribution in [1.82, 2.24) is 14.5 Å². The number of nitrogens with zero attached hydrogens (tertiary/aromatic N) is 4. The maximum atomic E-state index is 11.2. The maximum absolute atomic E-state index is 11.2. The van der Waals surface area contributed by atoms with Crippen LogP contribution in [0.5, 0.6) is 0 Å². The normalized spacial score (nSPS) is 17.7. The summed E-state index contributed by atoms with van der Waals surface area (Å²) in [6.07, 6.45) is 17.3. The van der Waals surface area contributed by atoms with Crippen molar-refractivity contribution in [2.24, 2.45) is 5.92 Å². The summed E-state index contributed by atoms with van der Waals surface area (Å²) in [5, 5.41) is 21.9. The molecule has 1 aromatic rings. The number of hydrogen-bond donors (Lipinski definition) is 1. The lowest BCUT2D eigenvalue weighted by Crippen LogP contribution is -2.63. The molecule has 7 nitrogen and oxygen atoms in total. The van der Waals surface area contributed by atoms with Crippen molar-refractivity contribution < 1.29 is 10.0 Å². The van der Waals surface area contributed by atoms with E-state index in [1.807, 2.05) is 0 Å². The Labute approximate surface area is 225 Å². The second-order valence-electron chi connectivity index (χ2n) is 12.6. The summed E-state index contributed by atoms with van der Waals surface area (Å²) in [5.74, 6) is 1.67. The molecule has 17 heteroatoms. The number of unbranched alkanes of at least 4 members (excludes halogenated alkanes) is 2. The lowest BCUT2D eigenvalue weighted by Gasteiger charge is -2.25. The molecule has 1 aliphatic carbocycles. The third-order valence-electron chi connectivity index (χ3n) is 8.97. The number of nitro groups is 1. The number of imidazole rings is 1. The fraction of sp³-hybridized carbons (Fsp3) is 0.842. The molecule has 0 spiro atoms. The molecule has 1 aromatic heterocycles. The van der Waals surface area contributed by atoms with Crippen LogP contribution in [-0.4, -0.2) is 121 Å². The van der Waals surface area contributed by atoms with Gasteiger partial charge in [0.05, 0.1) is 57.9 Å². The molecule has 0 bridgehead atoms. The van der Waals surface area contributed by atoms with Gasteiger partial charge in [0.1, 0.15) is 12.4 Å². The molecule has 1 aliphatic heterocycles. The van der Waals surface area contributed by atoms with E-state index in [1.54, 1.807) is 6.20 Å². The van der Waals surface area contributed by atoms with Crippen molar-refractivity contribution in [3.05, 3.63) is 22.5 Å². The van der Waals surface area contributed by atoms with Gasteiger partial charge in [0.15, 0.2) is 0 Å². The standard InChI is InChI=1S/C19H42B10N4O3/c20-26(21)28(24)29(27(22)23)25-13-17(25)6-2-4-11-31(10-3-1-5-16-7-8-16)14-18(34)15-32-12-9-30-19(32)33(35)36/h9,12,16-18,34H,1-8,10-11,13-15,20-24H2. The third kappa shape index (κ3) is 9.49. The zero-order valence-corrected chi connectivity index (χ0v) is 23.5. The molecule has 1 N–H and O–H groups in total. The van der Waals surface area contributed by atoms with Gasteiger partial charge in [-0.1, -0.05) is 55.6 Å². The first kappa shape index (κ1) is 29.7. The molecule has 2 heterocycles. The Kier molecular flexibility index (Phi) is 11.9. The van der Waals surface area contributed by atoms with Crippen LogP contribution in [0.4, 0.5) is 5.95 Å². The number of aliphatic hydroxyl groups excluding tert-OH is 1. The Bertz CT molecular complexity index is 818. The van der Waals surface area contributed by atoms with Gasteiger partial charge in [-0.25, -0.2) is 4.57 Å². The van der Waals surface area contributed by atoms with E-state index in [-0.39, 0.29) is 12.5 Å². The molecule has 3 rings (SSSR count). The van der Waals surface area contributed by atoms with Crippen molar-refractivity contribution in [2.45, 2.75) is 76.2 Å². The highest BCUT2D eigenvalue weighted by Gasteiger charge is 2.49. The van der Waals surface area contributed by atoms with E-state index in [2.05, 4.69) is 48.6 Å². The van der Waals surface area contributed by atoms with Crippen molar-refractivity contribution >= 4 is 76.8 Å². The van der Waals surface area contributed by atoms with E-state index in [4.69, 9.17) is 0 Å². The predicted molar refractivity (Wildman–Crippen MR) is 172 cm³/mol. The second kappa shape index (κ2) is 14.4. The van der Waals surface area contributed by atoms with Gasteiger partial charge in [0.25, 0.3) is 0 Å². The highest BCUT2D eigenvalue weighted by atomic mass is 16.6. The average molecular weight is 483 g/mol. The molecule has 2 fully saturated rings. The summed E-state index contributed by atoms with van der Waals surface area (Å²) in [7, 11) is 12.0. The predicted octanol–water partition coefficient (Wildman–Crippen LogP) is -2.97. The smallest absolute Gasteiger partial charge is 0.390 e. The maximum Gasteiger partial charge on any atom is 0.434 e. The number of rotatable bonds is 19. The molecule has 0 amide bonds. The Balaban J connectivity index is 1.43. The van der Waals surface area contributed by atoms with Crippen molar-refractivity contribution in [3.8, 4) is 0 Å². The van der Waals surface area contributed by atoms with Gasteiger partial charge in [-0.2, -0.15) is 0 Å². The minimum atomic E-state index is -0.640. The van der Waals surface area contributed by atoms with E-state index >= 15 is 0 Å². The average Bonchev–Trinajstić information content (AvgIpc) is 3.72. The first-order chi connectivity index (χ1) is 17.2. The van der Waals surface area contributed by atoms with E-state index in [0.717, 1.165) is 63.4 Å². The van der Waals surface area contributed by atoms with Crippen LogP contribution in [0.15, 0.2) is 12.4 Å². The van der Waals surface area contributed by atoms with Crippen molar-refractivity contribution in [2.75, 3.05) is 19.6 Å². The molecule has 36 heavy (non-hydrogen) atoms. The summed E-state index contributed by atoms with van der Waals surface area (Å²) >= 11 is 0. The number of aliphatic hydroxyl groups is 1. The molecular formula is C19H42B10N4O3. The molecule has 1 saturated carbocycles. The minimum absolute atomic E-state index is 0.199. The Morgan fingerprint density at radius 2 is 1.81 bits per heavy atom. The zero-order chi connectivity index (χ0) is 26.2. The zero-order valence-electron chi connectivity index (χ0n) is 23.5. The summed E-state index contributed by atoms with van der Waals surface area (Å²) < 4.78 is 1.45. The van der Waals surface area contributed by atoms with Crippen LogP contribution in [-0.2, 0) is 6.54 Å². The van der Waals surface area contributed by atoms with E-state index in [9.17, 15) is 15.2 Å². The van der Waals surface area contributed by atoms with Crippen LogP contribution in [0.1, 0.15) is 51.4 Å². The fourth-order valence-electron chi connectivity index (χ4n) is 6.42. The largest absolute Gasteiger partial charge is 0.434 e. The van der Waals surface area contributed by atoms with Gasteiger partial charge in [0.2, 0.25) is 0 Å². The summed E-state index contributed by atoms with van der Waals surface area (Å²) in [5.41, 5.74) is 0. The minimum Gasteiger partial charge on any atom is -0.390 e. The molecule has 2 aliphatic rings. The van der Waals surface area contributed by atoms with Gasteiger partial charge < -0.3 is 20.1 Å². The SMILES string of the molecule is BB(B)B(B)B(B(B)B)B1CC1CCCCN(CCCCC1CC1)CC(O)Cn1ccnc1[N+](=O)[O-]. The fourth-order valence-corrected chi connectivity index (χ4v) is 6.42. The van der Waals surface area contributed by atoms with Crippen LogP contribution >= 0.6 is 0 Å². The van der Waals surface area contributed by atoms with Crippen LogP contribution in [0.3, 0.4) is 0 Å². The molecular weight excluding hydrogens is 440 g/mol. The van der Waals surface area contributed by atoms with Crippen molar-refractivity contribution in [1.29, 1.82) is 0 Å². The molecule has 2 unspecified atom stereocenters. The first-order valence-electron chi connectivity index (χ1n) is 14.7. The van der Waals surface area contributed by atoms with Gasteiger partial charge in [-0.15, -0.1) is 0 Å². The Morgan fingerprint density at radius 3 is 2.39 bits per heavy atom. The quantitative estimate of drug-likeness (QED) is 0.0985. The van der Waals surface area contributed by atoms with Crippen LogP contribution in [0.25, 0.3) is 0 Å². The Hall–Kier alpha value is -0.821. The summed E-state index contributed by atoms with van der Waals surface area (Å²) in [4.78, 5) is 16.9. The topological polar surface area (TPSA) is 84.4 Å². The lowest BCUT2D eigenvalue weighted by atomic mass is 8.57. The highest BCUT2D eigenvalue weighted by Crippen LogP contribution is 2.43. The Morgan fingerprint density at radius 1 is 1.14 bits per heavy atom. The van der Waals surface area contributed by atoms with Gasteiger partial charge in [-0.05, 0) is 36.8 Å². The molecule has 0 radical (unpaired) electrons. The summed E-state index contributed by atoms with van der Waals surface area (Å²) in [6.45, 7) is 3.69. The lowest BCUT2D eigenvalue weighted by molar-refractivity contribution is -0.397. The molecule has 186 valence electrons. The van der Waals surface area contributed by atoms with E-state index in [1.165, 1.54) is 62.0 Å². The van der Waals surface area contributed by atoms with E-state index in [0.29, 0.717) is 6.54 Å². The molecule has 1 saturated heterocycles. The molecule has 0 aromatic carbocycles. The van der Waals surface area contributed by atoms with E-state index < -0.39 is 11.0 Å². The second-order valence-corrected chi connectivity index (χ2v) is 12.6. The van der Waals surface area contributed by atoms with Crippen LogP contribution in [0.2, 0.25) is 12.1 Å². The van der Waals surface area contributed by atoms with Crippen LogP contribution in [0, 0.1) is 16.0 Å². The summed E-state index contributed by atoms with van der Waals surface area (Å²) in [6, 6.07) is 0. The highest BCUT2D eigenvalue weighted by molar-refractivity contribution is 8.01. The van der Waals surface area contributed by atoms with Gasteiger partial charge in [0, 0.05) is 32.1 Å². The van der Waals surface area contributed by atoms with Crippen molar-refractivity contribution in [3.63, 3.8) is 0 Å². The monoisotopic (exact) mass is 484 g/mol. The van der Waals surface area contributed by atoms with Crippen LogP contribution < -0.4 is 0 Å². The number of hydrogen-bond acceptors (Lipinski definition) is 5. The van der Waals surface area contributed by atoms with Gasteiger partial charge in [-0.3, -0.25) is 0 Å². The number of aromatic nitrogens is 2.